The van der Waals surface area contributed by atoms with Gasteiger partial charge in [0.2, 0.25) is 0 Å². The fraction of sp³-hybridized carbons (Fsp3) is 0.455. The molecule has 50 heavy (non-hydrogen) atoms. The van der Waals surface area contributed by atoms with Gasteiger partial charge in [-0.05, 0) is 94.9 Å². The molecule has 0 bridgehead atoms. The summed E-state index contributed by atoms with van der Waals surface area (Å²) in [6.45, 7) is 27.1. The first-order valence-electron chi connectivity index (χ1n) is 18.2. The Labute approximate surface area is 305 Å². The van der Waals surface area contributed by atoms with Gasteiger partial charge >= 0.3 is 0 Å². The van der Waals surface area contributed by atoms with Crippen LogP contribution in [0.15, 0.2) is 84.9 Å². The molecule has 2 atom stereocenters. The van der Waals surface area contributed by atoms with E-state index in [9.17, 15) is 9.79 Å². The van der Waals surface area contributed by atoms with E-state index in [4.69, 9.17) is 9.05 Å². The molecule has 0 aliphatic rings. The van der Waals surface area contributed by atoms with Crippen molar-refractivity contribution in [2.45, 2.75) is 130 Å². The van der Waals surface area contributed by atoms with Crippen molar-refractivity contribution in [2.75, 3.05) is 0 Å². The Morgan fingerprint density at radius 1 is 0.460 bits per heavy atom. The summed E-state index contributed by atoms with van der Waals surface area (Å²) in [6.07, 6.45) is 3.66. The Morgan fingerprint density at radius 2 is 0.760 bits per heavy atom. The van der Waals surface area contributed by atoms with E-state index in [0.717, 1.165) is 58.5 Å². The zero-order chi connectivity index (χ0) is 37.1. The van der Waals surface area contributed by atoms with Crippen molar-refractivity contribution in [1.29, 1.82) is 0 Å². The monoisotopic (exact) mass is 714 g/mol. The molecule has 4 rings (SSSR count). The number of hydrogen-bond acceptors (Lipinski definition) is 4. The summed E-state index contributed by atoms with van der Waals surface area (Å²) in [5.41, 5.74) is 5.50. The summed E-state index contributed by atoms with van der Waals surface area (Å²) in [5.74, 6) is 1.34. The van der Waals surface area contributed by atoms with Crippen LogP contribution >= 0.6 is 16.8 Å². The van der Waals surface area contributed by atoms with Crippen LogP contribution in [0.2, 0.25) is 0 Å². The van der Waals surface area contributed by atoms with E-state index in [2.05, 4.69) is 107 Å². The SMILES string of the molecule is CCC(C)(C)c1cc(-c2cc(C(C)(C)CC)cc(C(C)(C)CC)c2OP(O)c2ccccc2)c(OP(O)c2ccccc2)c(C(C)(C)CC)c1. The lowest BCUT2D eigenvalue weighted by Gasteiger charge is -2.35. The Bertz CT molecular complexity index is 1600. The average Bonchev–Trinajstić information content (AvgIpc) is 3.11. The zero-order valence-corrected chi connectivity index (χ0v) is 34.3. The molecule has 0 aliphatic heterocycles. The van der Waals surface area contributed by atoms with E-state index in [1.54, 1.807) is 0 Å². The van der Waals surface area contributed by atoms with Gasteiger partial charge in [0.25, 0.3) is 16.8 Å². The van der Waals surface area contributed by atoms with Crippen LogP contribution in [0.3, 0.4) is 0 Å². The molecular formula is C44H60O4P2. The van der Waals surface area contributed by atoms with Crippen molar-refractivity contribution in [3.05, 3.63) is 107 Å². The van der Waals surface area contributed by atoms with E-state index in [1.807, 2.05) is 60.7 Å². The van der Waals surface area contributed by atoms with Gasteiger partial charge < -0.3 is 18.8 Å². The first-order chi connectivity index (χ1) is 23.4. The highest BCUT2D eigenvalue weighted by atomic mass is 31.2. The van der Waals surface area contributed by atoms with Crippen LogP contribution < -0.4 is 19.7 Å². The molecule has 0 aliphatic carbocycles. The van der Waals surface area contributed by atoms with Crippen molar-refractivity contribution in [3.8, 4) is 22.6 Å². The molecule has 0 heterocycles. The van der Waals surface area contributed by atoms with Gasteiger partial charge in [-0.3, -0.25) is 0 Å². The van der Waals surface area contributed by atoms with E-state index >= 15 is 0 Å². The maximum absolute atomic E-state index is 11.8. The molecule has 4 aromatic carbocycles. The van der Waals surface area contributed by atoms with Crippen molar-refractivity contribution in [3.63, 3.8) is 0 Å². The van der Waals surface area contributed by atoms with Crippen molar-refractivity contribution < 1.29 is 18.8 Å². The van der Waals surface area contributed by atoms with Crippen LogP contribution in [-0.4, -0.2) is 9.79 Å². The summed E-state index contributed by atoms with van der Waals surface area (Å²) in [6, 6.07) is 28.5. The highest BCUT2D eigenvalue weighted by Gasteiger charge is 2.35. The lowest BCUT2D eigenvalue weighted by Crippen LogP contribution is -2.23. The van der Waals surface area contributed by atoms with E-state index in [-0.39, 0.29) is 21.7 Å². The van der Waals surface area contributed by atoms with Gasteiger partial charge in [-0.15, -0.1) is 0 Å². The highest BCUT2D eigenvalue weighted by molar-refractivity contribution is 7.55. The lowest BCUT2D eigenvalue weighted by atomic mass is 9.72. The minimum absolute atomic E-state index is 0.129. The van der Waals surface area contributed by atoms with Crippen molar-refractivity contribution >= 4 is 27.4 Å². The van der Waals surface area contributed by atoms with Crippen LogP contribution in [-0.2, 0) is 21.7 Å². The molecule has 270 valence electrons. The molecule has 2 unspecified atom stereocenters. The molecule has 0 spiro atoms. The van der Waals surface area contributed by atoms with Gasteiger partial charge in [-0.1, -0.05) is 132 Å². The Hall–Kier alpha value is -2.74. The van der Waals surface area contributed by atoms with Gasteiger partial charge in [0.1, 0.15) is 11.5 Å². The summed E-state index contributed by atoms with van der Waals surface area (Å²) in [4.78, 5) is 23.5. The molecule has 0 saturated carbocycles. The fourth-order valence-electron chi connectivity index (χ4n) is 5.82. The predicted octanol–water partition coefficient (Wildman–Crippen LogP) is 12.1. The molecule has 0 saturated heterocycles. The molecule has 0 radical (unpaired) electrons. The zero-order valence-electron chi connectivity index (χ0n) is 32.5. The van der Waals surface area contributed by atoms with Crippen LogP contribution in [0.4, 0.5) is 0 Å². The molecular weight excluding hydrogens is 654 g/mol. The fourth-order valence-corrected chi connectivity index (χ4v) is 7.62. The molecule has 4 nitrogen and oxygen atoms in total. The third-order valence-electron chi connectivity index (χ3n) is 11.3. The first kappa shape index (κ1) is 40.0. The van der Waals surface area contributed by atoms with Gasteiger partial charge in [0.15, 0.2) is 0 Å². The summed E-state index contributed by atoms with van der Waals surface area (Å²) < 4.78 is 13.7. The number of benzene rings is 4. The van der Waals surface area contributed by atoms with Crippen LogP contribution in [0.1, 0.15) is 131 Å². The molecule has 0 amide bonds. The largest absolute Gasteiger partial charge is 0.443 e. The van der Waals surface area contributed by atoms with E-state index in [1.165, 1.54) is 11.1 Å². The standard InChI is InChI=1S/C44H60O4P2/c1-13-41(5,6)31-27-35(39(37(29-31)43(9,10)15-3)47-49(45)33-23-19-17-20-24-33)36-28-32(42(7,8)14-2)30-38(44(11,12)16-4)40(36)48-50(46)34-25-21-18-22-26-34/h17-30,45-46H,13-16H2,1-12H3. The maximum Gasteiger partial charge on any atom is 0.262 e. The highest BCUT2D eigenvalue weighted by Crippen LogP contribution is 2.54. The Balaban J connectivity index is 2.22. The van der Waals surface area contributed by atoms with Gasteiger partial charge in [-0.25, -0.2) is 0 Å². The second-order valence-corrected chi connectivity index (χ2v) is 18.6. The van der Waals surface area contributed by atoms with Crippen molar-refractivity contribution in [2.24, 2.45) is 0 Å². The summed E-state index contributed by atoms with van der Waals surface area (Å²) in [5, 5.41) is 1.50. The summed E-state index contributed by atoms with van der Waals surface area (Å²) in [7, 11) is -3.97. The van der Waals surface area contributed by atoms with Crippen LogP contribution in [0.5, 0.6) is 11.5 Å². The minimum Gasteiger partial charge on any atom is -0.443 e. The normalized spacial score (nSPS) is 14.0. The third kappa shape index (κ3) is 8.65. The number of hydrogen-bond donors (Lipinski definition) is 2. The number of rotatable bonds is 15. The average molecular weight is 715 g/mol. The molecule has 0 aromatic heterocycles. The van der Waals surface area contributed by atoms with Crippen LogP contribution in [0.25, 0.3) is 11.1 Å². The topological polar surface area (TPSA) is 58.9 Å². The van der Waals surface area contributed by atoms with Crippen molar-refractivity contribution in [1.82, 2.24) is 0 Å². The maximum atomic E-state index is 11.8. The van der Waals surface area contributed by atoms with Gasteiger partial charge in [0, 0.05) is 32.9 Å². The second-order valence-electron chi connectivity index (χ2n) is 16.2. The van der Waals surface area contributed by atoms with Gasteiger partial charge in [0.05, 0.1) is 0 Å². The quantitative estimate of drug-likeness (QED) is 0.120. The molecule has 0 fully saturated rings. The Kier molecular flexibility index (Phi) is 12.7. The molecule has 6 heteroatoms. The predicted molar refractivity (Wildman–Crippen MR) is 217 cm³/mol. The Morgan fingerprint density at radius 3 is 1.04 bits per heavy atom. The smallest absolute Gasteiger partial charge is 0.262 e. The van der Waals surface area contributed by atoms with Crippen LogP contribution in [0, 0.1) is 0 Å². The molecule has 2 N–H and O–H groups in total. The minimum atomic E-state index is -1.98. The third-order valence-corrected chi connectivity index (χ3v) is 13.5. The first-order valence-corrected chi connectivity index (χ1v) is 20.7. The van der Waals surface area contributed by atoms with E-state index < -0.39 is 16.8 Å². The lowest BCUT2D eigenvalue weighted by molar-refractivity contribution is 0.448. The molecule has 4 aromatic rings. The van der Waals surface area contributed by atoms with E-state index in [0.29, 0.717) is 11.5 Å². The summed E-state index contributed by atoms with van der Waals surface area (Å²) >= 11 is 0. The second kappa shape index (κ2) is 15.9. The van der Waals surface area contributed by atoms with Gasteiger partial charge in [-0.2, -0.15) is 0 Å².